The molecule has 1 amide bonds. The highest BCUT2D eigenvalue weighted by atomic mass is 16.2. The summed E-state index contributed by atoms with van der Waals surface area (Å²) in [5.41, 5.74) is 0.322. The van der Waals surface area contributed by atoms with Gasteiger partial charge in [0.25, 0.3) is 5.91 Å². The van der Waals surface area contributed by atoms with E-state index < -0.39 is 11.1 Å². The van der Waals surface area contributed by atoms with Crippen molar-refractivity contribution in [3.05, 3.63) is 44.5 Å². The predicted octanol–water partition coefficient (Wildman–Crippen LogP) is 1.63. The molecular formula is C16H21N3O3. The number of rotatable bonds is 5. The molecule has 1 aromatic carbocycles. The van der Waals surface area contributed by atoms with Crippen LogP contribution in [0.5, 0.6) is 0 Å². The molecule has 0 unspecified atom stereocenters. The van der Waals surface area contributed by atoms with Gasteiger partial charge in [-0.1, -0.05) is 13.8 Å². The lowest BCUT2D eigenvalue weighted by atomic mass is 10.1. The molecule has 6 heteroatoms. The first-order valence-electron chi connectivity index (χ1n) is 7.59. The van der Waals surface area contributed by atoms with Gasteiger partial charge in [0.15, 0.2) is 0 Å². The average Bonchev–Trinajstić information content (AvgIpc) is 2.53. The number of nitrogens with one attached hydrogen (secondary N) is 2. The lowest BCUT2D eigenvalue weighted by molar-refractivity contribution is 0.0935. The van der Waals surface area contributed by atoms with Crippen LogP contribution >= 0.6 is 0 Å². The van der Waals surface area contributed by atoms with Crippen molar-refractivity contribution in [2.45, 2.75) is 46.2 Å². The van der Waals surface area contributed by atoms with Gasteiger partial charge in [-0.2, -0.15) is 0 Å². The molecule has 0 bridgehead atoms. The smallest absolute Gasteiger partial charge is 0.316 e. The summed E-state index contributed by atoms with van der Waals surface area (Å²) >= 11 is 0. The molecule has 1 aromatic heterocycles. The first-order chi connectivity index (χ1) is 10.5. The van der Waals surface area contributed by atoms with Crippen molar-refractivity contribution >= 4 is 16.9 Å². The molecule has 118 valence electrons. The normalized spacial score (nSPS) is 11.1. The predicted molar refractivity (Wildman–Crippen MR) is 86.3 cm³/mol. The molecule has 1 heterocycles. The van der Waals surface area contributed by atoms with Crippen molar-refractivity contribution in [3.63, 3.8) is 0 Å². The summed E-state index contributed by atoms with van der Waals surface area (Å²) in [7, 11) is 0. The highest BCUT2D eigenvalue weighted by molar-refractivity contribution is 5.97. The Hall–Kier alpha value is -2.37. The summed E-state index contributed by atoms with van der Waals surface area (Å²) in [6.45, 7) is 6.24. The van der Waals surface area contributed by atoms with Crippen LogP contribution in [0.3, 0.4) is 0 Å². The number of H-pyrrole nitrogens is 1. The number of aryl methyl sites for hydroxylation is 1. The lowest BCUT2D eigenvalue weighted by Crippen LogP contribution is -2.36. The van der Waals surface area contributed by atoms with Crippen molar-refractivity contribution in [1.82, 2.24) is 14.9 Å². The molecule has 2 aromatic rings. The maximum absolute atomic E-state index is 12.3. The van der Waals surface area contributed by atoms with Crippen molar-refractivity contribution in [3.8, 4) is 0 Å². The summed E-state index contributed by atoms with van der Waals surface area (Å²) in [6.07, 6.45) is 1.73. The number of hydrogen-bond donors (Lipinski definition) is 2. The Morgan fingerprint density at radius 1 is 1.23 bits per heavy atom. The minimum Gasteiger partial charge on any atom is -0.349 e. The van der Waals surface area contributed by atoms with E-state index in [-0.39, 0.29) is 11.9 Å². The standard InChI is InChI=1S/C16H21N3O3/c1-4-11(5-2)17-14(20)10-7-8-13-12(9-10)18-15(21)16(22)19(13)6-3/h7-9,11H,4-6H2,1-3H3,(H,17,20)(H,18,21). The highest BCUT2D eigenvalue weighted by Gasteiger charge is 2.13. The third kappa shape index (κ3) is 2.95. The largest absolute Gasteiger partial charge is 0.349 e. The van der Waals surface area contributed by atoms with Crippen LogP contribution in [-0.2, 0) is 6.54 Å². The van der Waals surface area contributed by atoms with Crippen LogP contribution in [0, 0.1) is 0 Å². The topological polar surface area (TPSA) is 84.0 Å². The molecule has 0 saturated heterocycles. The molecule has 0 aliphatic heterocycles. The Kier molecular flexibility index (Phi) is 4.80. The SMILES string of the molecule is CCC(CC)NC(=O)c1ccc2c(c1)[nH]c(=O)c(=O)n2CC. The third-order valence-electron chi connectivity index (χ3n) is 3.87. The molecule has 0 radical (unpaired) electrons. The second kappa shape index (κ2) is 6.60. The summed E-state index contributed by atoms with van der Waals surface area (Å²) < 4.78 is 1.40. The third-order valence-corrected chi connectivity index (χ3v) is 3.87. The second-order valence-electron chi connectivity index (χ2n) is 5.22. The number of hydrogen-bond acceptors (Lipinski definition) is 3. The van der Waals surface area contributed by atoms with Gasteiger partial charge < -0.3 is 14.9 Å². The van der Waals surface area contributed by atoms with Crippen LogP contribution < -0.4 is 16.4 Å². The lowest BCUT2D eigenvalue weighted by Gasteiger charge is -2.15. The van der Waals surface area contributed by atoms with E-state index in [2.05, 4.69) is 10.3 Å². The molecular weight excluding hydrogens is 282 g/mol. The summed E-state index contributed by atoms with van der Waals surface area (Å²) in [5, 5.41) is 2.95. The van der Waals surface area contributed by atoms with Crippen molar-refractivity contribution < 1.29 is 4.79 Å². The number of amides is 1. The van der Waals surface area contributed by atoms with Gasteiger partial charge in [-0.25, -0.2) is 0 Å². The van der Waals surface area contributed by atoms with Gasteiger partial charge in [-0.15, -0.1) is 0 Å². The number of carbonyl (C=O) groups excluding carboxylic acids is 1. The van der Waals surface area contributed by atoms with Gasteiger partial charge in [-0.05, 0) is 38.0 Å². The van der Waals surface area contributed by atoms with Crippen molar-refractivity contribution in [2.24, 2.45) is 0 Å². The van der Waals surface area contributed by atoms with E-state index in [0.29, 0.717) is 23.1 Å². The van der Waals surface area contributed by atoms with Crippen LogP contribution in [0.4, 0.5) is 0 Å². The van der Waals surface area contributed by atoms with E-state index >= 15 is 0 Å². The van der Waals surface area contributed by atoms with Gasteiger partial charge in [0.2, 0.25) is 0 Å². The van der Waals surface area contributed by atoms with E-state index in [1.807, 2.05) is 13.8 Å². The molecule has 0 aliphatic carbocycles. The number of nitrogens with zero attached hydrogens (tertiary/aromatic N) is 1. The van der Waals surface area contributed by atoms with Crippen LogP contribution in [0.2, 0.25) is 0 Å². The Bertz CT molecular complexity index is 800. The van der Waals surface area contributed by atoms with Crippen LogP contribution in [-0.4, -0.2) is 21.5 Å². The van der Waals surface area contributed by atoms with E-state index in [9.17, 15) is 14.4 Å². The van der Waals surface area contributed by atoms with Crippen LogP contribution in [0.15, 0.2) is 27.8 Å². The molecule has 6 nitrogen and oxygen atoms in total. The molecule has 0 atom stereocenters. The fourth-order valence-corrected chi connectivity index (χ4v) is 2.50. The molecule has 0 aliphatic rings. The van der Waals surface area contributed by atoms with Gasteiger partial charge in [0.05, 0.1) is 11.0 Å². The van der Waals surface area contributed by atoms with Crippen LogP contribution in [0.25, 0.3) is 11.0 Å². The quantitative estimate of drug-likeness (QED) is 0.823. The van der Waals surface area contributed by atoms with E-state index in [1.54, 1.807) is 25.1 Å². The first-order valence-corrected chi connectivity index (χ1v) is 7.59. The summed E-state index contributed by atoms with van der Waals surface area (Å²) in [6, 6.07) is 5.11. The number of carbonyl (C=O) groups is 1. The Balaban J connectivity index is 2.47. The number of aromatic nitrogens is 2. The monoisotopic (exact) mass is 303 g/mol. The fraction of sp³-hybridized carbons (Fsp3) is 0.438. The van der Waals surface area contributed by atoms with Crippen molar-refractivity contribution in [1.29, 1.82) is 0 Å². The maximum Gasteiger partial charge on any atom is 0.316 e. The minimum absolute atomic E-state index is 0.131. The molecule has 2 N–H and O–H groups in total. The Morgan fingerprint density at radius 2 is 1.91 bits per heavy atom. The molecule has 22 heavy (non-hydrogen) atoms. The molecule has 0 fully saturated rings. The fourth-order valence-electron chi connectivity index (χ4n) is 2.50. The second-order valence-corrected chi connectivity index (χ2v) is 5.22. The summed E-state index contributed by atoms with van der Waals surface area (Å²) in [5.74, 6) is -0.175. The van der Waals surface area contributed by atoms with Gasteiger partial charge >= 0.3 is 11.1 Å². The zero-order valence-electron chi connectivity index (χ0n) is 13.1. The number of fused-ring (bicyclic) bond motifs is 1. The highest BCUT2D eigenvalue weighted by Crippen LogP contribution is 2.12. The van der Waals surface area contributed by atoms with Crippen molar-refractivity contribution in [2.75, 3.05) is 0 Å². The summed E-state index contributed by atoms with van der Waals surface area (Å²) in [4.78, 5) is 38.3. The first kappa shape index (κ1) is 16.0. The number of aromatic amines is 1. The Labute approximate surface area is 128 Å². The number of benzene rings is 1. The zero-order valence-corrected chi connectivity index (χ0v) is 13.1. The minimum atomic E-state index is -0.674. The molecule has 0 saturated carbocycles. The maximum atomic E-state index is 12.3. The van der Waals surface area contributed by atoms with E-state index in [1.165, 1.54) is 4.57 Å². The molecule has 0 spiro atoms. The van der Waals surface area contributed by atoms with Gasteiger partial charge in [0.1, 0.15) is 0 Å². The average molecular weight is 303 g/mol. The van der Waals surface area contributed by atoms with E-state index in [0.717, 1.165) is 12.8 Å². The van der Waals surface area contributed by atoms with E-state index in [4.69, 9.17) is 0 Å². The molecule has 2 rings (SSSR count). The van der Waals surface area contributed by atoms with Gasteiger partial charge in [-0.3, -0.25) is 14.4 Å². The van der Waals surface area contributed by atoms with Crippen LogP contribution in [0.1, 0.15) is 44.0 Å². The Morgan fingerprint density at radius 3 is 2.50 bits per heavy atom. The van der Waals surface area contributed by atoms with Gasteiger partial charge in [0, 0.05) is 18.2 Å². The zero-order chi connectivity index (χ0) is 16.3.